The number of dihydropyridines is 2. The highest BCUT2D eigenvalue weighted by molar-refractivity contribution is 8.77. The molecule has 1 saturated heterocycles. The van der Waals surface area contributed by atoms with Crippen LogP contribution in [-0.4, -0.2) is 52.9 Å². The van der Waals surface area contributed by atoms with Gasteiger partial charge in [0.05, 0.1) is 11.0 Å². The Balaban J connectivity index is 1.29. The summed E-state index contributed by atoms with van der Waals surface area (Å²) in [6.45, 7) is 5.04. The van der Waals surface area contributed by atoms with Crippen LogP contribution < -0.4 is 10.6 Å². The topological polar surface area (TPSA) is 114 Å². The number of amides is 2. The summed E-state index contributed by atoms with van der Waals surface area (Å²) in [5.74, 6) is 1.57. The van der Waals surface area contributed by atoms with E-state index in [1.165, 1.54) is 17.1 Å². The molecule has 7 heterocycles. The van der Waals surface area contributed by atoms with Gasteiger partial charge in [0.2, 0.25) is 0 Å². The van der Waals surface area contributed by atoms with Crippen LogP contribution in [0.25, 0.3) is 0 Å². The van der Waals surface area contributed by atoms with E-state index in [4.69, 9.17) is 9.47 Å². The van der Waals surface area contributed by atoms with Gasteiger partial charge in [-0.2, -0.15) is 0 Å². The number of ether oxygens (including phenoxy) is 2. The largest absolute Gasteiger partial charge is 0.427 e. The second kappa shape index (κ2) is 12.2. The van der Waals surface area contributed by atoms with Crippen LogP contribution in [0.3, 0.4) is 0 Å². The van der Waals surface area contributed by atoms with E-state index in [2.05, 4.69) is 54.9 Å². The maximum absolute atomic E-state index is 14.6. The Hall–Kier alpha value is -3.70. The summed E-state index contributed by atoms with van der Waals surface area (Å²) < 4.78 is 12.4. The van der Waals surface area contributed by atoms with Crippen molar-refractivity contribution in [1.82, 2.24) is 15.5 Å². The molecule has 11 rings (SSSR count). The van der Waals surface area contributed by atoms with Gasteiger partial charge in [0.25, 0.3) is 11.8 Å². The molecule has 2 amide bonds. The SMILES string of the molecule is CCCC=C1OC(=O)C2=C1CCC1C3CCC4(C5=CCC(C)CSSC6C=CC7=C(NCC=C7C(CN7C(=O)C=CC7=O)C3=C4C(=O)O5)N6)C21. The van der Waals surface area contributed by atoms with Gasteiger partial charge in [-0.1, -0.05) is 60.1 Å². The number of nitrogens with one attached hydrogen (secondary N) is 2. The third-order valence-corrected chi connectivity index (χ3v) is 14.9. The van der Waals surface area contributed by atoms with Gasteiger partial charge >= 0.3 is 11.9 Å². The molecule has 11 aliphatic rings. The fourth-order valence-electron chi connectivity index (χ4n) is 10.1. The summed E-state index contributed by atoms with van der Waals surface area (Å²) in [7, 11) is 3.61. The lowest BCUT2D eigenvalue weighted by atomic mass is 9.43. The predicted molar refractivity (Wildman–Crippen MR) is 191 cm³/mol. The monoisotopic (exact) mass is 711 g/mol. The second-order valence-corrected chi connectivity index (χ2v) is 17.4. The molecule has 7 atom stereocenters. The smallest absolute Gasteiger partial charge is 0.340 e. The number of imide groups is 1. The summed E-state index contributed by atoms with van der Waals surface area (Å²) in [5.41, 5.74) is 4.51. The summed E-state index contributed by atoms with van der Waals surface area (Å²) in [5, 5.41) is 7.29. The Kier molecular flexibility index (Phi) is 7.87. The minimum atomic E-state index is -0.823. The highest BCUT2D eigenvalue weighted by Crippen LogP contribution is 2.71. The van der Waals surface area contributed by atoms with Gasteiger partial charge in [-0.25, -0.2) is 9.59 Å². The highest BCUT2D eigenvalue weighted by Gasteiger charge is 2.69. The molecular formula is C39H41N3O6S2. The molecule has 0 radical (unpaired) electrons. The van der Waals surface area contributed by atoms with Gasteiger partial charge in [-0.15, -0.1) is 0 Å². The minimum absolute atomic E-state index is 0.0297. The summed E-state index contributed by atoms with van der Waals surface area (Å²) in [4.78, 5) is 56.2. The number of cyclic esters (lactones) is 1. The molecule has 0 aromatic heterocycles. The van der Waals surface area contributed by atoms with Crippen LogP contribution in [0.2, 0.25) is 0 Å². The number of nitrogens with zero attached hydrogens (tertiary/aromatic N) is 1. The van der Waals surface area contributed by atoms with Crippen LogP contribution in [0.15, 0.2) is 93.3 Å². The lowest BCUT2D eigenvalue weighted by Crippen LogP contribution is -2.54. The third-order valence-electron chi connectivity index (χ3n) is 12.2. The highest BCUT2D eigenvalue weighted by atomic mass is 33.1. The molecule has 9 nitrogen and oxygen atoms in total. The van der Waals surface area contributed by atoms with Crippen LogP contribution >= 0.6 is 21.6 Å². The van der Waals surface area contributed by atoms with Crippen molar-refractivity contribution < 1.29 is 28.7 Å². The first-order valence-electron chi connectivity index (χ1n) is 18.1. The van der Waals surface area contributed by atoms with E-state index >= 15 is 0 Å². The minimum Gasteiger partial charge on any atom is -0.427 e. The Morgan fingerprint density at radius 3 is 2.72 bits per heavy atom. The lowest BCUT2D eigenvalue weighted by Gasteiger charge is -2.57. The summed E-state index contributed by atoms with van der Waals surface area (Å²) in [6, 6.07) is 0. The third kappa shape index (κ3) is 4.75. The normalized spacial score (nSPS) is 36.4. The Morgan fingerprint density at radius 2 is 1.90 bits per heavy atom. The lowest BCUT2D eigenvalue weighted by molar-refractivity contribution is -0.138. The van der Waals surface area contributed by atoms with Gasteiger partial charge < -0.3 is 20.1 Å². The first-order chi connectivity index (χ1) is 24.3. The van der Waals surface area contributed by atoms with E-state index in [0.29, 0.717) is 36.0 Å². The molecule has 2 fully saturated rings. The van der Waals surface area contributed by atoms with Crippen molar-refractivity contribution in [2.75, 3.05) is 18.8 Å². The zero-order valence-corrected chi connectivity index (χ0v) is 29.9. The van der Waals surface area contributed by atoms with Crippen molar-refractivity contribution in [3.63, 3.8) is 0 Å². The molecule has 0 aromatic carbocycles. The van der Waals surface area contributed by atoms with Gasteiger partial charge in [0.1, 0.15) is 22.7 Å². The van der Waals surface area contributed by atoms with Gasteiger partial charge in [-0.3, -0.25) is 14.5 Å². The van der Waals surface area contributed by atoms with Gasteiger partial charge in [-0.05, 0) is 79.6 Å². The fraction of sp³-hybridized carbons (Fsp3) is 0.487. The van der Waals surface area contributed by atoms with E-state index < -0.39 is 11.3 Å². The summed E-state index contributed by atoms with van der Waals surface area (Å²) in [6.07, 6.45) is 19.0. The van der Waals surface area contributed by atoms with Crippen LogP contribution in [-0.2, 0) is 28.7 Å². The van der Waals surface area contributed by atoms with Crippen LogP contribution in [0, 0.1) is 35.0 Å². The molecule has 2 N–H and O–H groups in total. The number of esters is 2. The molecule has 9 bridgehead atoms. The number of carbonyl (C=O) groups excluding carboxylic acids is 4. The number of hydrogen-bond donors (Lipinski definition) is 2. The Labute approximate surface area is 299 Å². The van der Waals surface area contributed by atoms with E-state index in [-0.39, 0.29) is 53.4 Å². The van der Waals surface area contributed by atoms with Crippen LogP contribution in [0.4, 0.5) is 0 Å². The van der Waals surface area contributed by atoms with Crippen molar-refractivity contribution >= 4 is 45.3 Å². The van der Waals surface area contributed by atoms with Gasteiger partial charge in [0.15, 0.2) is 0 Å². The maximum atomic E-state index is 14.6. The Morgan fingerprint density at radius 1 is 1.06 bits per heavy atom. The molecule has 0 aromatic rings. The quantitative estimate of drug-likeness (QED) is 0.208. The first-order valence-corrected chi connectivity index (χ1v) is 20.5. The zero-order valence-electron chi connectivity index (χ0n) is 28.3. The molecule has 11 heteroatoms. The zero-order chi connectivity index (χ0) is 34.3. The molecule has 7 unspecified atom stereocenters. The molecule has 50 heavy (non-hydrogen) atoms. The standard InChI is InChI=1S/C39H41N3O6S2/c1-3-4-5-27-25-8-7-23-22-14-16-39(34(23)33(25)37(45)47-27)28-10-6-20(2)19-49-50-29-11-9-24-21(15-17-40-36(24)41-29)26(32(22)35(39)38(46)48-28)18-42-30(43)12-13-31(42)44/h5,9-13,15,20,22-23,26,29,34,40-41H,3-4,6-8,14,16-19H2,1-2H3. The molecule has 1 spiro atoms. The van der Waals surface area contributed by atoms with Crippen molar-refractivity contribution in [2.24, 2.45) is 35.0 Å². The number of hydrogen-bond acceptors (Lipinski definition) is 10. The number of fused-ring (bicyclic) bond motifs is 6. The van der Waals surface area contributed by atoms with Gasteiger partial charge in [0, 0.05) is 59.5 Å². The van der Waals surface area contributed by atoms with Crippen LogP contribution in [0.1, 0.15) is 58.8 Å². The van der Waals surface area contributed by atoms with E-state index in [0.717, 1.165) is 78.0 Å². The van der Waals surface area contributed by atoms with Crippen molar-refractivity contribution in [2.45, 2.75) is 64.2 Å². The van der Waals surface area contributed by atoms with Crippen molar-refractivity contribution in [1.29, 1.82) is 0 Å². The number of allylic oxidation sites excluding steroid dienone is 6. The number of unbranched alkanes of at least 4 members (excludes halogenated alkanes) is 1. The number of rotatable bonds is 4. The predicted octanol–water partition coefficient (Wildman–Crippen LogP) is 5.89. The number of carbonyl (C=O) groups is 4. The fourth-order valence-corrected chi connectivity index (χ4v) is 12.7. The maximum Gasteiger partial charge on any atom is 0.340 e. The summed E-state index contributed by atoms with van der Waals surface area (Å²) >= 11 is 0. The first kappa shape index (κ1) is 32.2. The molecule has 4 aliphatic carbocycles. The van der Waals surface area contributed by atoms with Crippen molar-refractivity contribution in [3.05, 3.63) is 93.3 Å². The van der Waals surface area contributed by atoms with Crippen molar-refractivity contribution in [3.8, 4) is 0 Å². The molecular weight excluding hydrogens is 671 g/mol. The molecule has 260 valence electrons. The second-order valence-electron chi connectivity index (χ2n) is 14.9. The van der Waals surface area contributed by atoms with E-state index in [9.17, 15) is 19.2 Å². The van der Waals surface area contributed by atoms with E-state index in [1.807, 2.05) is 10.8 Å². The molecule has 1 saturated carbocycles. The van der Waals surface area contributed by atoms with E-state index in [1.54, 1.807) is 10.8 Å². The average molecular weight is 712 g/mol. The Bertz CT molecular complexity index is 1860. The average Bonchev–Trinajstić information content (AvgIpc) is 3.73. The van der Waals surface area contributed by atoms with Crippen LogP contribution in [0.5, 0.6) is 0 Å². The molecule has 7 aliphatic heterocycles.